The standard InChI is InChI=1S/C15H12O2S.Cs/c1-8-3-4-10-12-7-11(15(16)17)9(2)6-14(12)18-13(10)5-8;/h3-7H,1-2H3,(H,16,17);/q;+1/p-1. The second kappa shape index (κ2) is 5.89. The van der Waals surface area contributed by atoms with Gasteiger partial charge in [-0.15, -0.1) is 11.3 Å². The van der Waals surface area contributed by atoms with Crippen LogP contribution in [0.4, 0.5) is 0 Å². The SMILES string of the molecule is Cc1ccc2c(c1)sc1cc(C)c(C(=O)[O-])cc12.[Cs+]. The summed E-state index contributed by atoms with van der Waals surface area (Å²) in [7, 11) is 0. The smallest absolute Gasteiger partial charge is 0.545 e. The number of aryl methyl sites for hydroxylation is 2. The summed E-state index contributed by atoms with van der Waals surface area (Å²) in [6.45, 7) is 3.86. The molecule has 0 saturated heterocycles. The number of benzene rings is 2. The number of aromatic carboxylic acids is 1. The summed E-state index contributed by atoms with van der Waals surface area (Å²) in [4.78, 5) is 11.1. The van der Waals surface area contributed by atoms with Gasteiger partial charge in [-0.25, -0.2) is 0 Å². The molecule has 1 aromatic heterocycles. The van der Waals surface area contributed by atoms with Crippen molar-refractivity contribution in [2.24, 2.45) is 0 Å². The zero-order chi connectivity index (χ0) is 12.9. The average molecular weight is 388 g/mol. The van der Waals surface area contributed by atoms with Crippen molar-refractivity contribution < 1.29 is 78.8 Å². The Morgan fingerprint density at radius 1 is 1.05 bits per heavy atom. The van der Waals surface area contributed by atoms with E-state index in [4.69, 9.17) is 0 Å². The first-order chi connectivity index (χ1) is 8.56. The molecule has 2 nitrogen and oxygen atoms in total. The van der Waals surface area contributed by atoms with Gasteiger partial charge in [0.05, 0.1) is 5.97 Å². The molecule has 0 bridgehead atoms. The van der Waals surface area contributed by atoms with Crippen LogP contribution in [-0.2, 0) is 0 Å². The molecule has 2 aromatic carbocycles. The number of carbonyl (C=O) groups is 1. The van der Waals surface area contributed by atoms with E-state index in [-0.39, 0.29) is 74.5 Å². The second-order valence-electron chi connectivity index (χ2n) is 4.55. The Morgan fingerprint density at radius 2 is 1.74 bits per heavy atom. The van der Waals surface area contributed by atoms with Crippen LogP contribution in [0.25, 0.3) is 20.2 Å². The minimum absolute atomic E-state index is 0. The van der Waals surface area contributed by atoms with Crippen molar-refractivity contribution in [2.75, 3.05) is 0 Å². The van der Waals surface area contributed by atoms with Gasteiger partial charge in [-0.1, -0.05) is 12.1 Å². The first-order valence-corrected chi connectivity index (χ1v) is 6.53. The molecule has 90 valence electrons. The first kappa shape index (κ1) is 15.6. The van der Waals surface area contributed by atoms with E-state index in [1.165, 1.54) is 10.3 Å². The Kier molecular flexibility index (Phi) is 4.83. The van der Waals surface area contributed by atoms with Crippen molar-refractivity contribution in [3.05, 3.63) is 47.0 Å². The van der Waals surface area contributed by atoms with Crippen LogP contribution in [0.1, 0.15) is 21.5 Å². The molecule has 1 heterocycles. The van der Waals surface area contributed by atoms with Gasteiger partial charge < -0.3 is 9.90 Å². The fourth-order valence-electron chi connectivity index (χ4n) is 2.25. The zero-order valence-electron chi connectivity index (χ0n) is 11.1. The van der Waals surface area contributed by atoms with Gasteiger partial charge in [-0.05, 0) is 43.2 Å². The summed E-state index contributed by atoms with van der Waals surface area (Å²) in [5.41, 5.74) is 2.25. The normalized spacial score (nSPS) is 10.6. The maximum atomic E-state index is 11.1. The van der Waals surface area contributed by atoms with Crippen molar-refractivity contribution in [1.29, 1.82) is 0 Å². The van der Waals surface area contributed by atoms with Crippen LogP contribution in [0.3, 0.4) is 0 Å². The molecule has 4 heteroatoms. The zero-order valence-corrected chi connectivity index (χ0v) is 18.2. The van der Waals surface area contributed by atoms with Gasteiger partial charge in [-0.3, -0.25) is 0 Å². The van der Waals surface area contributed by atoms with Crippen molar-refractivity contribution in [1.82, 2.24) is 0 Å². The third kappa shape index (κ3) is 2.81. The molecular formula is C15H11CsO2S. The number of carboxylic acid groups (broad SMARTS) is 1. The quantitative estimate of drug-likeness (QED) is 0.591. The number of carbonyl (C=O) groups excluding carboxylic acids is 1. The van der Waals surface area contributed by atoms with Gasteiger partial charge in [0.25, 0.3) is 0 Å². The van der Waals surface area contributed by atoms with Crippen LogP contribution < -0.4 is 74.0 Å². The Bertz CT molecular complexity index is 790. The second-order valence-corrected chi connectivity index (χ2v) is 5.64. The van der Waals surface area contributed by atoms with E-state index in [9.17, 15) is 9.90 Å². The largest absolute Gasteiger partial charge is 1.00 e. The maximum Gasteiger partial charge on any atom is 1.00 e. The molecule has 0 saturated carbocycles. The molecule has 3 rings (SSSR count). The molecule has 0 aliphatic rings. The topological polar surface area (TPSA) is 40.1 Å². The van der Waals surface area contributed by atoms with E-state index < -0.39 is 5.97 Å². The number of hydrogen-bond donors (Lipinski definition) is 0. The summed E-state index contributed by atoms with van der Waals surface area (Å²) in [5.74, 6) is -1.11. The molecule has 0 aliphatic carbocycles. The fourth-order valence-corrected chi connectivity index (χ4v) is 3.54. The minimum Gasteiger partial charge on any atom is -0.545 e. The fraction of sp³-hybridized carbons (Fsp3) is 0.133. The van der Waals surface area contributed by atoms with Gasteiger partial charge in [0.1, 0.15) is 0 Å². The molecule has 0 aliphatic heterocycles. The Balaban J connectivity index is 0.00000133. The van der Waals surface area contributed by atoms with E-state index in [0.29, 0.717) is 0 Å². The third-order valence-corrected chi connectivity index (χ3v) is 4.31. The van der Waals surface area contributed by atoms with Crippen molar-refractivity contribution in [3.63, 3.8) is 0 Å². The Hall–Kier alpha value is 0.182. The summed E-state index contributed by atoms with van der Waals surface area (Å²) in [6.07, 6.45) is 0. The Labute approximate surface area is 174 Å². The summed E-state index contributed by atoms with van der Waals surface area (Å²) >= 11 is 1.70. The van der Waals surface area contributed by atoms with Crippen molar-refractivity contribution in [3.8, 4) is 0 Å². The van der Waals surface area contributed by atoms with Gasteiger partial charge in [-0.2, -0.15) is 0 Å². The van der Waals surface area contributed by atoms with Crippen molar-refractivity contribution in [2.45, 2.75) is 13.8 Å². The summed E-state index contributed by atoms with van der Waals surface area (Å²) in [6, 6.07) is 9.90. The van der Waals surface area contributed by atoms with Gasteiger partial charge in [0.2, 0.25) is 0 Å². The van der Waals surface area contributed by atoms with Crippen LogP contribution in [0.5, 0.6) is 0 Å². The van der Waals surface area contributed by atoms with Gasteiger partial charge in [0.15, 0.2) is 0 Å². The average Bonchev–Trinajstić information content (AvgIpc) is 2.63. The van der Waals surface area contributed by atoms with Crippen LogP contribution in [0.15, 0.2) is 30.3 Å². The number of hydrogen-bond acceptors (Lipinski definition) is 3. The van der Waals surface area contributed by atoms with Crippen LogP contribution in [-0.4, -0.2) is 5.97 Å². The molecule has 0 atom stereocenters. The summed E-state index contributed by atoms with van der Waals surface area (Å²) in [5, 5.41) is 13.2. The predicted octanol–water partition coefficient (Wildman–Crippen LogP) is 0.0388. The molecule has 19 heavy (non-hydrogen) atoms. The molecule has 0 N–H and O–H groups in total. The molecule has 0 unspecified atom stereocenters. The van der Waals surface area contributed by atoms with E-state index >= 15 is 0 Å². The predicted molar refractivity (Wildman–Crippen MR) is 73.1 cm³/mol. The number of rotatable bonds is 1. The molecule has 0 radical (unpaired) electrons. The number of carboxylic acids is 1. The monoisotopic (exact) mass is 388 g/mol. The first-order valence-electron chi connectivity index (χ1n) is 5.71. The number of thiophene rings is 1. The summed E-state index contributed by atoms with van der Waals surface area (Å²) < 4.78 is 2.32. The molecule has 0 amide bonds. The van der Waals surface area contributed by atoms with E-state index in [1.54, 1.807) is 24.3 Å². The molecular weight excluding hydrogens is 377 g/mol. The molecule has 0 fully saturated rings. The van der Waals surface area contributed by atoms with E-state index in [2.05, 4.69) is 19.1 Å². The molecule has 0 spiro atoms. The van der Waals surface area contributed by atoms with Crippen LogP contribution in [0.2, 0.25) is 0 Å². The van der Waals surface area contributed by atoms with Crippen molar-refractivity contribution >= 4 is 37.5 Å². The van der Waals surface area contributed by atoms with Gasteiger partial charge >= 0.3 is 68.9 Å². The third-order valence-electron chi connectivity index (χ3n) is 3.19. The maximum absolute atomic E-state index is 11.1. The van der Waals surface area contributed by atoms with E-state index in [1.807, 2.05) is 12.1 Å². The van der Waals surface area contributed by atoms with Gasteiger partial charge in [0, 0.05) is 25.7 Å². The van der Waals surface area contributed by atoms with Crippen LogP contribution >= 0.6 is 11.3 Å². The minimum atomic E-state index is -1.11. The van der Waals surface area contributed by atoms with Crippen LogP contribution in [0, 0.1) is 13.8 Å². The Morgan fingerprint density at radius 3 is 2.42 bits per heavy atom. The molecule has 3 aromatic rings. The van der Waals surface area contributed by atoms with E-state index in [0.717, 1.165) is 21.0 Å². The number of fused-ring (bicyclic) bond motifs is 3.